The van der Waals surface area contributed by atoms with E-state index in [-0.39, 0.29) is 17.7 Å². The first-order valence-electron chi connectivity index (χ1n) is 7.80. The molecular formula is C14H17N5O7. The number of aromatic nitrogens is 4. The maximum Gasteiger partial charge on any atom is 0.404 e. The van der Waals surface area contributed by atoms with E-state index in [0.29, 0.717) is 5.65 Å². The van der Waals surface area contributed by atoms with Crippen LogP contribution in [0.2, 0.25) is 0 Å². The third kappa shape index (κ3) is 2.63. The first kappa shape index (κ1) is 16.9. The molecule has 5 atom stereocenters. The number of carbonyl (C=O) groups is 1. The van der Waals surface area contributed by atoms with Crippen molar-refractivity contribution in [3.05, 3.63) is 23.0 Å². The second kappa shape index (κ2) is 6.02. The molecule has 4 rings (SSSR count). The summed E-state index contributed by atoms with van der Waals surface area (Å²) in [5.74, 6) is -1.29. The smallest absolute Gasteiger partial charge is 0.404 e. The molecular weight excluding hydrogens is 350 g/mol. The molecule has 2 aromatic rings. The van der Waals surface area contributed by atoms with E-state index in [9.17, 15) is 9.59 Å². The minimum atomic E-state index is -1.29. The van der Waals surface area contributed by atoms with Crippen molar-refractivity contribution in [3.8, 4) is 0 Å². The van der Waals surface area contributed by atoms with E-state index >= 15 is 0 Å². The molecule has 4 heterocycles. The van der Waals surface area contributed by atoms with Crippen LogP contribution in [0.15, 0.2) is 17.4 Å². The van der Waals surface area contributed by atoms with E-state index in [1.54, 1.807) is 11.5 Å². The minimum Gasteiger partial charge on any atom is -0.447 e. The molecule has 2 fully saturated rings. The Morgan fingerprint density at radius 1 is 1.42 bits per heavy atom. The summed E-state index contributed by atoms with van der Waals surface area (Å²) in [5.41, 5.74) is 5.15. The number of primary amides is 1. The summed E-state index contributed by atoms with van der Waals surface area (Å²) in [6.07, 6.45) is -0.815. The van der Waals surface area contributed by atoms with E-state index < -0.39 is 36.6 Å². The number of nitrogens with one attached hydrogen (secondary N) is 1. The maximum absolute atomic E-state index is 11.9. The molecule has 0 aliphatic carbocycles. The number of fused-ring (bicyclic) bond motifs is 2. The summed E-state index contributed by atoms with van der Waals surface area (Å²) in [7, 11) is 1.44. The number of H-pyrrole nitrogens is 1. The molecule has 3 unspecified atom stereocenters. The number of hydrogen-bond acceptors (Lipinski definition) is 9. The van der Waals surface area contributed by atoms with Crippen LogP contribution in [0.1, 0.15) is 13.2 Å². The Hall–Kier alpha value is -2.54. The van der Waals surface area contributed by atoms with Gasteiger partial charge in [0.15, 0.2) is 17.4 Å². The van der Waals surface area contributed by atoms with Gasteiger partial charge in [-0.3, -0.25) is 9.36 Å². The molecule has 0 radical (unpaired) electrons. The molecule has 0 saturated carbocycles. The summed E-state index contributed by atoms with van der Waals surface area (Å²) in [4.78, 5) is 33.5. The quantitative estimate of drug-likeness (QED) is 0.708. The first-order valence-corrected chi connectivity index (χ1v) is 7.80. The lowest BCUT2D eigenvalue weighted by molar-refractivity contribution is -0.335. The van der Waals surface area contributed by atoms with Gasteiger partial charge in [-0.1, -0.05) is 0 Å². The Morgan fingerprint density at radius 3 is 2.92 bits per heavy atom. The van der Waals surface area contributed by atoms with Gasteiger partial charge in [-0.15, -0.1) is 0 Å². The zero-order valence-corrected chi connectivity index (χ0v) is 13.9. The summed E-state index contributed by atoms with van der Waals surface area (Å²) in [5, 5.41) is 0. The number of ether oxygens (including phenoxy) is 5. The largest absolute Gasteiger partial charge is 0.447 e. The number of aromatic amines is 1. The van der Waals surface area contributed by atoms with Crippen molar-refractivity contribution in [1.82, 2.24) is 19.5 Å². The van der Waals surface area contributed by atoms with E-state index in [1.807, 2.05) is 0 Å². The first-order chi connectivity index (χ1) is 12.4. The maximum atomic E-state index is 11.9. The zero-order valence-electron chi connectivity index (χ0n) is 13.9. The Kier molecular flexibility index (Phi) is 3.91. The van der Waals surface area contributed by atoms with Crippen LogP contribution in [-0.4, -0.2) is 63.6 Å². The van der Waals surface area contributed by atoms with Gasteiger partial charge in [0.2, 0.25) is 0 Å². The van der Waals surface area contributed by atoms with Crippen LogP contribution in [0.4, 0.5) is 4.79 Å². The molecule has 1 amide bonds. The van der Waals surface area contributed by atoms with Crippen molar-refractivity contribution in [2.24, 2.45) is 5.73 Å². The molecule has 140 valence electrons. The highest BCUT2D eigenvalue weighted by Crippen LogP contribution is 2.44. The van der Waals surface area contributed by atoms with Crippen LogP contribution < -0.4 is 11.3 Å². The molecule has 0 aromatic carbocycles. The lowest BCUT2D eigenvalue weighted by Crippen LogP contribution is -2.36. The van der Waals surface area contributed by atoms with Gasteiger partial charge >= 0.3 is 6.09 Å². The summed E-state index contributed by atoms with van der Waals surface area (Å²) in [6, 6.07) is 0. The lowest BCUT2D eigenvalue weighted by atomic mass is 10.1. The number of nitrogens with two attached hydrogens (primary N) is 1. The predicted molar refractivity (Wildman–Crippen MR) is 82.8 cm³/mol. The van der Waals surface area contributed by atoms with Gasteiger partial charge in [0, 0.05) is 14.0 Å². The molecule has 12 nitrogen and oxygen atoms in total. The van der Waals surface area contributed by atoms with Gasteiger partial charge < -0.3 is 34.4 Å². The van der Waals surface area contributed by atoms with E-state index in [4.69, 9.17) is 29.4 Å². The monoisotopic (exact) mass is 367 g/mol. The summed E-state index contributed by atoms with van der Waals surface area (Å²) >= 11 is 0. The van der Waals surface area contributed by atoms with Crippen molar-refractivity contribution in [2.45, 2.75) is 37.4 Å². The van der Waals surface area contributed by atoms with Crippen LogP contribution in [0, 0.1) is 0 Å². The predicted octanol–water partition coefficient (Wildman–Crippen LogP) is -0.784. The van der Waals surface area contributed by atoms with Crippen LogP contribution in [-0.2, 0) is 23.7 Å². The summed E-state index contributed by atoms with van der Waals surface area (Å²) < 4.78 is 29.3. The fourth-order valence-corrected chi connectivity index (χ4v) is 3.17. The SMILES string of the molecule is COC1(C)OC2C(O1)[C@@H](COC(N)=O)O[C@H]2n1cnc2c(=O)[nH]cnc21. The number of carbonyl (C=O) groups excluding carboxylic acids is 1. The van der Waals surface area contributed by atoms with Crippen LogP contribution >= 0.6 is 0 Å². The van der Waals surface area contributed by atoms with Crippen LogP contribution in [0.25, 0.3) is 11.2 Å². The Labute approximate surface area is 146 Å². The molecule has 0 spiro atoms. The van der Waals surface area contributed by atoms with Crippen molar-refractivity contribution >= 4 is 17.3 Å². The number of rotatable bonds is 4. The topological polar surface area (TPSA) is 153 Å². The highest BCUT2D eigenvalue weighted by molar-refractivity contribution is 5.68. The van der Waals surface area contributed by atoms with Crippen molar-refractivity contribution < 1.29 is 28.5 Å². The number of amides is 1. The van der Waals surface area contributed by atoms with E-state index in [1.165, 1.54) is 19.8 Å². The van der Waals surface area contributed by atoms with Gasteiger partial charge in [0.25, 0.3) is 11.5 Å². The van der Waals surface area contributed by atoms with Gasteiger partial charge in [0.1, 0.15) is 24.9 Å². The fourth-order valence-electron chi connectivity index (χ4n) is 3.17. The zero-order chi connectivity index (χ0) is 18.5. The lowest BCUT2D eigenvalue weighted by Gasteiger charge is -2.26. The van der Waals surface area contributed by atoms with E-state index in [2.05, 4.69) is 15.0 Å². The molecule has 3 N–H and O–H groups in total. The molecule has 0 bridgehead atoms. The molecule has 12 heteroatoms. The average Bonchev–Trinajstić information content (AvgIpc) is 3.26. The number of methoxy groups -OCH3 is 1. The Balaban J connectivity index is 1.70. The highest BCUT2D eigenvalue weighted by atomic mass is 16.9. The van der Waals surface area contributed by atoms with Crippen molar-refractivity contribution in [2.75, 3.05) is 13.7 Å². The number of nitrogens with zero attached hydrogens (tertiary/aromatic N) is 3. The molecule has 2 aromatic heterocycles. The van der Waals surface area contributed by atoms with Crippen LogP contribution in [0.5, 0.6) is 0 Å². The third-order valence-electron chi connectivity index (χ3n) is 4.39. The molecule has 2 aliphatic rings. The van der Waals surface area contributed by atoms with Crippen LogP contribution in [0.3, 0.4) is 0 Å². The Bertz CT molecular complexity index is 897. The fraction of sp³-hybridized carbons (Fsp3) is 0.571. The normalized spacial score (nSPS) is 33.5. The minimum absolute atomic E-state index is 0.128. The van der Waals surface area contributed by atoms with Gasteiger partial charge in [-0.05, 0) is 0 Å². The summed E-state index contributed by atoms with van der Waals surface area (Å²) in [6.45, 7) is 1.49. The Morgan fingerprint density at radius 2 is 2.19 bits per heavy atom. The van der Waals surface area contributed by atoms with Crippen molar-refractivity contribution in [1.29, 1.82) is 0 Å². The van der Waals surface area contributed by atoms with Crippen molar-refractivity contribution in [3.63, 3.8) is 0 Å². The number of hydrogen-bond donors (Lipinski definition) is 2. The standard InChI is InChI=1S/C14H17N5O7/c1-14(22-2)25-8-6(3-23-13(15)21)24-12(9(8)26-14)19-5-18-7-10(19)16-4-17-11(7)20/h4-6,8-9,12H,3H2,1-2H3,(H2,15,21)(H,16,17,20)/t6-,8?,9?,12-,14?/m1/s1. The molecule has 26 heavy (non-hydrogen) atoms. The second-order valence-corrected chi connectivity index (χ2v) is 5.98. The van der Waals surface area contributed by atoms with Gasteiger partial charge in [0.05, 0.1) is 12.7 Å². The third-order valence-corrected chi connectivity index (χ3v) is 4.39. The molecule has 2 saturated heterocycles. The van der Waals surface area contributed by atoms with Gasteiger partial charge in [-0.25, -0.2) is 14.8 Å². The second-order valence-electron chi connectivity index (χ2n) is 5.98. The number of imidazole rings is 1. The molecule has 2 aliphatic heterocycles. The average molecular weight is 367 g/mol. The van der Waals surface area contributed by atoms with E-state index in [0.717, 1.165) is 0 Å². The highest BCUT2D eigenvalue weighted by Gasteiger charge is 2.58. The van der Waals surface area contributed by atoms with Gasteiger partial charge in [-0.2, -0.15) is 0 Å².